The molecule has 0 unspecified atom stereocenters. The fourth-order valence-corrected chi connectivity index (χ4v) is 2.83. The third kappa shape index (κ3) is 3.42. The zero-order chi connectivity index (χ0) is 18.8. The maximum atomic E-state index is 13.3. The molecule has 4 rings (SSSR count). The Hall–Kier alpha value is -3.54. The number of nitrogens with one attached hydrogen (secondary N) is 1. The van der Waals surface area contributed by atoms with E-state index in [1.165, 1.54) is 22.4 Å². The molecule has 0 atom stereocenters. The van der Waals surface area contributed by atoms with Crippen LogP contribution in [0.25, 0.3) is 22.4 Å². The Bertz CT molecular complexity index is 1150. The first-order chi connectivity index (χ1) is 13.1. The summed E-state index contributed by atoms with van der Waals surface area (Å²) in [7, 11) is 0. The lowest BCUT2D eigenvalue weighted by Gasteiger charge is -2.15. The Balaban J connectivity index is 1.82. The number of benzene rings is 2. The third-order valence-electron chi connectivity index (χ3n) is 4.29. The van der Waals surface area contributed by atoms with Crippen LogP contribution in [0.5, 0.6) is 0 Å². The molecule has 0 aliphatic carbocycles. The van der Waals surface area contributed by atoms with E-state index in [1.54, 1.807) is 30.5 Å². The SMILES string of the molecule is Cc1ccc(CNn2c(-c3ccc(F)cc3)nc3cccnc3c2=O)cc1. The van der Waals surface area contributed by atoms with E-state index < -0.39 is 0 Å². The molecule has 2 heterocycles. The Morgan fingerprint density at radius 1 is 1.04 bits per heavy atom. The number of aromatic nitrogens is 3. The summed E-state index contributed by atoms with van der Waals surface area (Å²) in [6.45, 7) is 2.46. The van der Waals surface area contributed by atoms with Gasteiger partial charge in [-0.2, -0.15) is 0 Å². The van der Waals surface area contributed by atoms with Crippen LogP contribution in [-0.2, 0) is 6.54 Å². The van der Waals surface area contributed by atoms with Gasteiger partial charge in [-0.15, -0.1) is 0 Å². The first kappa shape index (κ1) is 16.9. The van der Waals surface area contributed by atoms with Gasteiger partial charge >= 0.3 is 0 Å². The van der Waals surface area contributed by atoms with Gasteiger partial charge in [0.25, 0.3) is 5.56 Å². The normalized spacial score (nSPS) is 10.9. The molecule has 0 aliphatic heterocycles. The van der Waals surface area contributed by atoms with Crippen LogP contribution in [-0.4, -0.2) is 14.6 Å². The van der Waals surface area contributed by atoms with Gasteiger partial charge in [-0.05, 0) is 48.9 Å². The van der Waals surface area contributed by atoms with Gasteiger partial charge in [0.1, 0.15) is 5.82 Å². The number of hydrogen-bond donors (Lipinski definition) is 1. The Kier molecular flexibility index (Phi) is 4.38. The van der Waals surface area contributed by atoms with Crippen molar-refractivity contribution in [2.45, 2.75) is 13.5 Å². The first-order valence-electron chi connectivity index (χ1n) is 8.55. The van der Waals surface area contributed by atoms with E-state index in [1.807, 2.05) is 31.2 Å². The van der Waals surface area contributed by atoms with Gasteiger partial charge in [-0.25, -0.2) is 19.0 Å². The van der Waals surface area contributed by atoms with E-state index in [2.05, 4.69) is 15.4 Å². The van der Waals surface area contributed by atoms with Crippen molar-refractivity contribution in [3.63, 3.8) is 0 Å². The van der Waals surface area contributed by atoms with E-state index in [9.17, 15) is 9.18 Å². The van der Waals surface area contributed by atoms with Crippen LogP contribution in [0, 0.1) is 12.7 Å². The summed E-state index contributed by atoms with van der Waals surface area (Å²) < 4.78 is 14.7. The van der Waals surface area contributed by atoms with Crippen LogP contribution < -0.4 is 11.0 Å². The predicted molar refractivity (Wildman–Crippen MR) is 103 cm³/mol. The summed E-state index contributed by atoms with van der Waals surface area (Å²) in [6, 6.07) is 17.4. The predicted octanol–water partition coefficient (Wildman–Crippen LogP) is 3.65. The Morgan fingerprint density at radius 2 is 1.78 bits per heavy atom. The average molecular weight is 360 g/mol. The summed E-state index contributed by atoms with van der Waals surface area (Å²) in [5.41, 5.74) is 6.43. The van der Waals surface area contributed by atoms with E-state index in [0.717, 1.165) is 5.56 Å². The number of nitrogens with zero attached hydrogens (tertiary/aromatic N) is 3. The minimum Gasteiger partial charge on any atom is -0.317 e. The Morgan fingerprint density at radius 3 is 2.52 bits per heavy atom. The van der Waals surface area contributed by atoms with E-state index >= 15 is 0 Å². The molecule has 4 aromatic rings. The lowest BCUT2D eigenvalue weighted by atomic mass is 10.1. The highest BCUT2D eigenvalue weighted by atomic mass is 19.1. The highest BCUT2D eigenvalue weighted by Crippen LogP contribution is 2.18. The molecular weight excluding hydrogens is 343 g/mol. The van der Waals surface area contributed by atoms with Crippen LogP contribution in [0.3, 0.4) is 0 Å². The minimum absolute atomic E-state index is 0.278. The summed E-state index contributed by atoms with van der Waals surface area (Å²) >= 11 is 0. The zero-order valence-corrected chi connectivity index (χ0v) is 14.7. The molecule has 2 aromatic carbocycles. The van der Waals surface area contributed by atoms with E-state index in [-0.39, 0.29) is 16.9 Å². The van der Waals surface area contributed by atoms with Crippen molar-refractivity contribution >= 4 is 11.0 Å². The Labute approximate surface area is 155 Å². The second kappa shape index (κ2) is 6.99. The topological polar surface area (TPSA) is 59.8 Å². The van der Waals surface area contributed by atoms with Gasteiger partial charge in [0.2, 0.25) is 0 Å². The molecule has 0 fully saturated rings. The van der Waals surface area contributed by atoms with Gasteiger partial charge in [0.05, 0.1) is 12.1 Å². The van der Waals surface area contributed by atoms with Crippen molar-refractivity contribution in [2.24, 2.45) is 0 Å². The molecule has 5 nitrogen and oxygen atoms in total. The molecule has 2 aromatic heterocycles. The van der Waals surface area contributed by atoms with Crippen molar-refractivity contribution in [3.8, 4) is 11.4 Å². The fraction of sp³-hybridized carbons (Fsp3) is 0.0952. The zero-order valence-electron chi connectivity index (χ0n) is 14.7. The van der Waals surface area contributed by atoms with Gasteiger partial charge in [-0.3, -0.25) is 4.79 Å². The minimum atomic E-state index is -0.345. The van der Waals surface area contributed by atoms with E-state index in [4.69, 9.17) is 0 Å². The van der Waals surface area contributed by atoms with Crippen LogP contribution >= 0.6 is 0 Å². The van der Waals surface area contributed by atoms with Crippen LogP contribution in [0.4, 0.5) is 4.39 Å². The number of hydrogen-bond acceptors (Lipinski definition) is 4. The second-order valence-corrected chi connectivity index (χ2v) is 6.27. The summed E-state index contributed by atoms with van der Waals surface area (Å²) in [5, 5.41) is 0. The molecule has 0 saturated carbocycles. The molecule has 0 radical (unpaired) electrons. The molecular formula is C21H17FN4O. The van der Waals surface area contributed by atoms with Crippen molar-refractivity contribution in [2.75, 3.05) is 5.43 Å². The molecule has 0 bridgehead atoms. The maximum absolute atomic E-state index is 13.3. The standard InChI is InChI=1S/C21H17FN4O/c1-14-4-6-15(7-5-14)13-24-26-20(16-8-10-17(22)11-9-16)25-18-3-2-12-23-19(18)21(26)27/h2-12,24H,13H2,1H3. The molecule has 1 N–H and O–H groups in total. The van der Waals surface area contributed by atoms with Crippen LogP contribution in [0.1, 0.15) is 11.1 Å². The second-order valence-electron chi connectivity index (χ2n) is 6.27. The summed E-state index contributed by atoms with van der Waals surface area (Å²) in [6.07, 6.45) is 1.56. The van der Waals surface area contributed by atoms with Gasteiger partial charge in [0.15, 0.2) is 11.3 Å². The van der Waals surface area contributed by atoms with E-state index in [0.29, 0.717) is 23.4 Å². The van der Waals surface area contributed by atoms with Gasteiger partial charge in [-0.1, -0.05) is 29.8 Å². The average Bonchev–Trinajstić information content (AvgIpc) is 2.69. The van der Waals surface area contributed by atoms with Crippen molar-refractivity contribution in [1.82, 2.24) is 14.6 Å². The largest absolute Gasteiger partial charge is 0.317 e. The number of aryl methyl sites for hydroxylation is 1. The molecule has 134 valence electrons. The molecule has 6 heteroatoms. The number of pyridine rings is 1. The molecule has 0 aliphatic rings. The smallest absolute Gasteiger partial charge is 0.298 e. The first-order valence-corrected chi connectivity index (χ1v) is 8.55. The van der Waals surface area contributed by atoms with Crippen LogP contribution in [0.15, 0.2) is 71.7 Å². The molecule has 0 spiro atoms. The lowest BCUT2D eigenvalue weighted by Crippen LogP contribution is -2.31. The van der Waals surface area contributed by atoms with Crippen molar-refractivity contribution in [1.29, 1.82) is 0 Å². The molecule has 0 amide bonds. The monoisotopic (exact) mass is 360 g/mol. The van der Waals surface area contributed by atoms with Gasteiger partial charge in [0, 0.05) is 11.8 Å². The fourth-order valence-electron chi connectivity index (χ4n) is 2.83. The summed E-state index contributed by atoms with van der Waals surface area (Å²) in [5.74, 6) is 0.0651. The lowest BCUT2D eigenvalue weighted by molar-refractivity contribution is 0.628. The van der Waals surface area contributed by atoms with Crippen molar-refractivity contribution in [3.05, 3.63) is 94.2 Å². The molecule has 27 heavy (non-hydrogen) atoms. The number of fused-ring (bicyclic) bond motifs is 1. The molecule has 0 saturated heterocycles. The summed E-state index contributed by atoms with van der Waals surface area (Å²) in [4.78, 5) is 21.7. The van der Waals surface area contributed by atoms with Crippen molar-refractivity contribution < 1.29 is 4.39 Å². The van der Waals surface area contributed by atoms with Gasteiger partial charge < -0.3 is 5.43 Å². The third-order valence-corrected chi connectivity index (χ3v) is 4.29. The number of rotatable bonds is 4. The quantitative estimate of drug-likeness (QED) is 0.603. The van der Waals surface area contributed by atoms with Crippen LogP contribution in [0.2, 0.25) is 0 Å². The number of halogens is 1. The highest BCUT2D eigenvalue weighted by molar-refractivity contribution is 5.75. The maximum Gasteiger partial charge on any atom is 0.298 e. The highest BCUT2D eigenvalue weighted by Gasteiger charge is 2.13.